The summed E-state index contributed by atoms with van der Waals surface area (Å²) in [5, 5.41) is 11.3. The van der Waals surface area contributed by atoms with E-state index in [4.69, 9.17) is 9.15 Å². The molecule has 0 N–H and O–H groups in total. The normalized spacial score (nSPS) is 11.7. The lowest BCUT2D eigenvalue weighted by Gasteiger charge is -2.19. The van der Waals surface area contributed by atoms with Crippen LogP contribution in [-0.4, -0.2) is 10.9 Å². The molecule has 36 heavy (non-hydrogen) atoms. The van der Waals surface area contributed by atoms with Gasteiger partial charge in [-0.15, -0.1) is 0 Å². The number of hydrogen-bond donors (Lipinski definition) is 0. The number of benzene rings is 3. The van der Waals surface area contributed by atoms with E-state index in [9.17, 15) is 19.7 Å². The van der Waals surface area contributed by atoms with Gasteiger partial charge in [-0.3, -0.25) is 14.9 Å². The Bertz CT molecular complexity index is 1560. The number of aryl methyl sites for hydroxylation is 1. The SMILES string of the molecule is Cc1ccc2oc(-c3ccc(C(C)(C)C)cc3)c(OC(=O)/C=C/c3cccc([N+](=O)[O-])c3)c(=O)c2c1. The Hall–Kier alpha value is -4.52. The molecule has 0 unspecified atom stereocenters. The number of esters is 1. The van der Waals surface area contributed by atoms with E-state index in [1.54, 1.807) is 18.2 Å². The Balaban J connectivity index is 1.75. The van der Waals surface area contributed by atoms with Gasteiger partial charge in [0.1, 0.15) is 5.58 Å². The van der Waals surface area contributed by atoms with Crippen LogP contribution in [0.4, 0.5) is 5.69 Å². The number of hydrogen-bond acceptors (Lipinski definition) is 6. The maximum Gasteiger partial charge on any atom is 0.336 e. The molecule has 1 aromatic heterocycles. The van der Waals surface area contributed by atoms with Crippen molar-refractivity contribution in [2.45, 2.75) is 33.1 Å². The van der Waals surface area contributed by atoms with Crippen LogP contribution in [0.3, 0.4) is 0 Å². The molecule has 7 nitrogen and oxygen atoms in total. The first kappa shape index (κ1) is 24.6. The number of nitro benzene ring substituents is 1. The van der Waals surface area contributed by atoms with Crippen LogP contribution < -0.4 is 10.2 Å². The largest absolute Gasteiger partial charge is 0.452 e. The van der Waals surface area contributed by atoms with Crippen LogP contribution >= 0.6 is 0 Å². The zero-order chi connectivity index (χ0) is 26.0. The molecule has 182 valence electrons. The van der Waals surface area contributed by atoms with Gasteiger partial charge >= 0.3 is 5.97 Å². The molecule has 0 bridgehead atoms. The van der Waals surface area contributed by atoms with Crippen LogP contribution in [0.5, 0.6) is 5.75 Å². The lowest BCUT2D eigenvalue weighted by Crippen LogP contribution is -2.14. The molecule has 0 fully saturated rings. The molecule has 0 amide bonds. The summed E-state index contributed by atoms with van der Waals surface area (Å²) >= 11 is 0. The molecule has 0 spiro atoms. The van der Waals surface area contributed by atoms with Gasteiger partial charge in [0.25, 0.3) is 5.69 Å². The second kappa shape index (κ2) is 9.62. The summed E-state index contributed by atoms with van der Waals surface area (Å²) in [5.41, 5.74) is 2.75. The van der Waals surface area contributed by atoms with Crippen molar-refractivity contribution in [2.24, 2.45) is 0 Å². The lowest BCUT2D eigenvalue weighted by atomic mass is 9.86. The van der Waals surface area contributed by atoms with Gasteiger partial charge in [-0.05, 0) is 41.7 Å². The average Bonchev–Trinajstić information content (AvgIpc) is 2.84. The van der Waals surface area contributed by atoms with E-state index in [0.717, 1.165) is 17.2 Å². The topological polar surface area (TPSA) is 99.7 Å². The third-order valence-electron chi connectivity index (χ3n) is 5.71. The van der Waals surface area contributed by atoms with Crippen molar-refractivity contribution in [2.75, 3.05) is 0 Å². The predicted molar refractivity (Wildman–Crippen MR) is 139 cm³/mol. The fourth-order valence-electron chi connectivity index (χ4n) is 3.74. The van der Waals surface area contributed by atoms with Gasteiger partial charge in [0.15, 0.2) is 5.76 Å². The van der Waals surface area contributed by atoms with Crippen molar-refractivity contribution in [3.63, 3.8) is 0 Å². The van der Waals surface area contributed by atoms with Crippen LogP contribution in [0.25, 0.3) is 28.4 Å². The minimum Gasteiger partial charge on any atom is -0.452 e. The van der Waals surface area contributed by atoms with Crippen molar-refractivity contribution in [3.05, 3.63) is 110 Å². The van der Waals surface area contributed by atoms with Crippen molar-refractivity contribution < 1.29 is 18.9 Å². The number of fused-ring (bicyclic) bond motifs is 1. The number of carbonyl (C=O) groups is 1. The molecule has 0 aliphatic carbocycles. The van der Waals surface area contributed by atoms with Crippen molar-refractivity contribution in [1.82, 2.24) is 0 Å². The van der Waals surface area contributed by atoms with Gasteiger partial charge in [-0.1, -0.05) is 68.8 Å². The molecule has 0 saturated heterocycles. The van der Waals surface area contributed by atoms with Gasteiger partial charge in [-0.25, -0.2) is 4.79 Å². The van der Waals surface area contributed by atoms with E-state index >= 15 is 0 Å². The molecular weight excluding hydrogens is 458 g/mol. The van der Waals surface area contributed by atoms with Crippen LogP contribution in [0.15, 0.2) is 82.0 Å². The number of nitro groups is 1. The molecule has 4 rings (SSSR count). The van der Waals surface area contributed by atoms with Crippen molar-refractivity contribution >= 4 is 28.7 Å². The molecule has 0 aliphatic rings. The molecule has 1 heterocycles. The molecule has 0 saturated carbocycles. The maximum absolute atomic E-state index is 13.4. The van der Waals surface area contributed by atoms with Gasteiger partial charge in [0, 0.05) is 23.8 Å². The summed E-state index contributed by atoms with van der Waals surface area (Å²) in [6.45, 7) is 8.15. The Morgan fingerprint density at radius 2 is 1.75 bits per heavy atom. The molecule has 0 radical (unpaired) electrons. The van der Waals surface area contributed by atoms with Crippen LogP contribution in [0.2, 0.25) is 0 Å². The highest BCUT2D eigenvalue weighted by molar-refractivity contribution is 5.91. The molecule has 0 aliphatic heterocycles. The maximum atomic E-state index is 13.4. The van der Waals surface area contributed by atoms with Crippen molar-refractivity contribution in [1.29, 1.82) is 0 Å². The molecule has 4 aromatic rings. The summed E-state index contributed by atoms with van der Waals surface area (Å²) < 4.78 is 11.6. The van der Waals surface area contributed by atoms with Crippen LogP contribution in [-0.2, 0) is 10.2 Å². The highest BCUT2D eigenvalue weighted by Crippen LogP contribution is 2.33. The molecule has 3 aromatic carbocycles. The highest BCUT2D eigenvalue weighted by atomic mass is 16.6. The summed E-state index contributed by atoms with van der Waals surface area (Å²) in [6, 6.07) is 18.6. The number of carbonyl (C=O) groups excluding carboxylic acids is 1. The number of rotatable bonds is 5. The molecular formula is C29H25NO6. The van der Waals surface area contributed by atoms with Gasteiger partial charge < -0.3 is 9.15 Å². The monoisotopic (exact) mass is 483 g/mol. The van der Waals surface area contributed by atoms with E-state index in [0.29, 0.717) is 22.1 Å². The van der Waals surface area contributed by atoms with Gasteiger partial charge in [0.2, 0.25) is 11.2 Å². The quantitative estimate of drug-likeness (QED) is 0.137. The summed E-state index contributed by atoms with van der Waals surface area (Å²) in [6.07, 6.45) is 2.51. The first-order valence-corrected chi connectivity index (χ1v) is 11.4. The van der Waals surface area contributed by atoms with E-state index in [1.807, 2.05) is 37.3 Å². The Morgan fingerprint density at radius 3 is 2.42 bits per heavy atom. The number of ether oxygens (including phenoxy) is 1. The first-order chi connectivity index (χ1) is 17.0. The van der Waals surface area contributed by atoms with E-state index < -0.39 is 16.3 Å². The number of nitrogens with zero attached hydrogens (tertiary/aromatic N) is 1. The molecule has 7 heteroatoms. The van der Waals surface area contributed by atoms with Crippen LogP contribution in [0, 0.1) is 17.0 Å². The molecule has 0 atom stereocenters. The standard InChI is InChI=1S/C29H25NO6/c1-18-8-14-24-23(16-18)26(32)28(27(35-24)20-10-12-21(13-11-20)29(2,3)4)36-25(31)15-9-19-6-5-7-22(17-19)30(33)34/h5-17H,1-4H3/b15-9+. The summed E-state index contributed by atoms with van der Waals surface area (Å²) in [4.78, 5) is 36.6. The second-order valence-corrected chi connectivity index (χ2v) is 9.52. The Morgan fingerprint density at radius 1 is 1.03 bits per heavy atom. The third kappa shape index (κ3) is 5.25. The first-order valence-electron chi connectivity index (χ1n) is 11.4. The van der Waals surface area contributed by atoms with Crippen molar-refractivity contribution in [3.8, 4) is 17.1 Å². The van der Waals surface area contributed by atoms with E-state index in [1.165, 1.54) is 24.3 Å². The summed E-state index contributed by atoms with van der Waals surface area (Å²) in [5.74, 6) is -0.882. The fourth-order valence-corrected chi connectivity index (χ4v) is 3.74. The third-order valence-corrected chi connectivity index (χ3v) is 5.71. The zero-order valence-corrected chi connectivity index (χ0v) is 20.4. The zero-order valence-electron chi connectivity index (χ0n) is 20.4. The smallest absolute Gasteiger partial charge is 0.336 e. The van der Waals surface area contributed by atoms with Gasteiger partial charge in [-0.2, -0.15) is 0 Å². The highest BCUT2D eigenvalue weighted by Gasteiger charge is 2.21. The van der Waals surface area contributed by atoms with Crippen LogP contribution in [0.1, 0.15) is 37.5 Å². The Kier molecular flexibility index (Phi) is 6.57. The lowest BCUT2D eigenvalue weighted by molar-refractivity contribution is -0.384. The summed E-state index contributed by atoms with van der Waals surface area (Å²) in [7, 11) is 0. The fraction of sp³-hybridized carbons (Fsp3) is 0.172. The minimum atomic E-state index is -0.812. The number of non-ortho nitro benzene ring substituents is 1. The van der Waals surface area contributed by atoms with E-state index in [-0.39, 0.29) is 22.6 Å². The minimum absolute atomic E-state index is 0.0626. The predicted octanol–water partition coefficient (Wildman–Crippen LogP) is 6.59. The van der Waals surface area contributed by atoms with E-state index in [2.05, 4.69) is 20.8 Å². The Labute approximate surface area is 207 Å². The van der Waals surface area contributed by atoms with Gasteiger partial charge in [0.05, 0.1) is 10.3 Å². The second-order valence-electron chi connectivity index (χ2n) is 9.52. The average molecular weight is 484 g/mol.